The number of anilines is 1. The van der Waals surface area contributed by atoms with Crippen LogP contribution in [0.2, 0.25) is 0 Å². The summed E-state index contributed by atoms with van der Waals surface area (Å²) in [5.41, 5.74) is 9.92. The van der Waals surface area contributed by atoms with Gasteiger partial charge in [-0.25, -0.2) is 14.5 Å². The fourth-order valence-electron chi connectivity index (χ4n) is 2.83. The molecule has 0 saturated heterocycles. The Bertz CT molecular complexity index is 900. The van der Waals surface area contributed by atoms with Crippen LogP contribution >= 0.6 is 0 Å². The van der Waals surface area contributed by atoms with Crippen LogP contribution in [0.5, 0.6) is 0 Å². The number of imidazole rings is 1. The lowest BCUT2D eigenvalue weighted by molar-refractivity contribution is 0.0787. The van der Waals surface area contributed by atoms with Crippen molar-refractivity contribution in [3.05, 3.63) is 41.9 Å². The molecular weight excluding hydrogens is 280 g/mol. The molecule has 1 aliphatic heterocycles. The van der Waals surface area contributed by atoms with Gasteiger partial charge in [-0.3, -0.25) is 4.79 Å². The van der Waals surface area contributed by atoms with E-state index in [0.717, 1.165) is 22.4 Å². The number of nitrogens with two attached hydrogens (primary N) is 1. The van der Waals surface area contributed by atoms with Gasteiger partial charge in [-0.05, 0) is 24.6 Å². The number of amides is 1. The minimum absolute atomic E-state index is 0.0914. The Kier molecular flexibility index (Phi) is 2.62. The number of rotatable bonds is 2. The molecule has 0 atom stereocenters. The summed E-state index contributed by atoms with van der Waals surface area (Å²) in [5, 5.41) is 4.20. The number of aromatic nitrogens is 4. The highest BCUT2D eigenvalue weighted by molar-refractivity contribution is 5.99. The molecule has 2 aromatic heterocycles. The van der Waals surface area contributed by atoms with Crippen LogP contribution in [0.1, 0.15) is 22.8 Å². The predicted molar refractivity (Wildman–Crippen MR) is 81.0 cm³/mol. The molecule has 110 valence electrons. The van der Waals surface area contributed by atoms with Crippen molar-refractivity contribution >= 4 is 17.4 Å². The Hall–Kier alpha value is -2.96. The van der Waals surface area contributed by atoms with Crippen molar-refractivity contribution in [1.82, 2.24) is 24.5 Å². The van der Waals surface area contributed by atoms with Gasteiger partial charge in [-0.1, -0.05) is 6.07 Å². The summed E-state index contributed by atoms with van der Waals surface area (Å²) in [6.45, 7) is 3.34. The maximum atomic E-state index is 12.2. The first kappa shape index (κ1) is 12.8. The van der Waals surface area contributed by atoms with Crippen LogP contribution in [-0.2, 0) is 6.54 Å². The predicted octanol–water partition coefficient (Wildman–Crippen LogP) is 1.35. The second-order valence-electron chi connectivity index (χ2n) is 5.22. The van der Waals surface area contributed by atoms with Gasteiger partial charge in [0.25, 0.3) is 5.91 Å². The molecule has 0 spiro atoms. The molecule has 0 radical (unpaired) electrons. The highest BCUT2D eigenvalue weighted by Gasteiger charge is 2.26. The maximum Gasteiger partial charge on any atom is 0.254 e. The van der Waals surface area contributed by atoms with Gasteiger partial charge in [0.15, 0.2) is 11.5 Å². The van der Waals surface area contributed by atoms with E-state index in [1.165, 1.54) is 6.33 Å². The highest BCUT2D eigenvalue weighted by atomic mass is 16.2. The lowest BCUT2D eigenvalue weighted by Gasteiger charge is -2.10. The number of carbonyl (C=O) groups is 1. The second kappa shape index (κ2) is 4.52. The van der Waals surface area contributed by atoms with Gasteiger partial charge < -0.3 is 10.6 Å². The third-order valence-corrected chi connectivity index (χ3v) is 3.99. The van der Waals surface area contributed by atoms with E-state index in [-0.39, 0.29) is 5.91 Å². The summed E-state index contributed by atoms with van der Waals surface area (Å²) in [7, 11) is 0. The molecule has 0 fully saturated rings. The van der Waals surface area contributed by atoms with E-state index in [1.54, 1.807) is 10.7 Å². The lowest BCUT2D eigenvalue weighted by Crippen LogP contribution is -2.22. The summed E-state index contributed by atoms with van der Waals surface area (Å²) >= 11 is 0. The van der Waals surface area contributed by atoms with Crippen molar-refractivity contribution in [3.63, 3.8) is 0 Å². The smallest absolute Gasteiger partial charge is 0.254 e. The van der Waals surface area contributed by atoms with Gasteiger partial charge in [0.1, 0.15) is 6.33 Å². The van der Waals surface area contributed by atoms with Gasteiger partial charge in [0.05, 0.1) is 11.9 Å². The summed E-state index contributed by atoms with van der Waals surface area (Å²) in [6.07, 6.45) is 3.12. The van der Waals surface area contributed by atoms with E-state index in [1.807, 2.05) is 30.0 Å². The zero-order chi connectivity index (χ0) is 15.3. The molecule has 0 saturated carbocycles. The van der Waals surface area contributed by atoms with Gasteiger partial charge in [-0.2, -0.15) is 5.10 Å². The molecular formula is C15H14N6O. The SMILES string of the molecule is CCN1Cc2cc(-c3cnc4c(N)ncnn34)ccc2C1=O. The minimum Gasteiger partial charge on any atom is -0.381 e. The molecule has 4 rings (SSSR count). The van der Waals surface area contributed by atoms with Crippen LogP contribution in [0.15, 0.2) is 30.7 Å². The Morgan fingerprint density at radius 3 is 3.00 bits per heavy atom. The molecule has 0 bridgehead atoms. The molecule has 0 unspecified atom stereocenters. The van der Waals surface area contributed by atoms with Crippen LogP contribution in [0.4, 0.5) is 5.82 Å². The number of hydrogen-bond donors (Lipinski definition) is 1. The molecule has 1 aromatic carbocycles. The van der Waals surface area contributed by atoms with Crippen molar-refractivity contribution in [2.24, 2.45) is 0 Å². The molecule has 3 heterocycles. The molecule has 1 aliphatic rings. The number of carbonyl (C=O) groups excluding carboxylic acids is 1. The second-order valence-corrected chi connectivity index (χ2v) is 5.22. The van der Waals surface area contributed by atoms with E-state index in [4.69, 9.17) is 5.73 Å². The van der Waals surface area contributed by atoms with E-state index >= 15 is 0 Å². The van der Waals surface area contributed by atoms with Gasteiger partial charge in [0, 0.05) is 24.2 Å². The van der Waals surface area contributed by atoms with E-state index in [2.05, 4.69) is 15.1 Å². The van der Waals surface area contributed by atoms with E-state index < -0.39 is 0 Å². The number of nitrogens with zero attached hydrogens (tertiary/aromatic N) is 5. The van der Waals surface area contributed by atoms with Crippen LogP contribution in [0.3, 0.4) is 0 Å². The first-order chi connectivity index (χ1) is 10.7. The van der Waals surface area contributed by atoms with E-state index in [9.17, 15) is 4.79 Å². The molecule has 22 heavy (non-hydrogen) atoms. The molecule has 0 aliphatic carbocycles. The molecule has 1 amide bonds. The zero-order valence-corrected chi connectivity index (χ0v) is 12.0. The monoisotopic (exact) mass is 294 g/mol. The zero-order valence-electron chi connectivity index (χ0n) is 12.0. The Labute approximate surface area is 126 Å². The first-order valence-electron chi connectivity index (χ1n) is 7.06. The third-order valence-electron chi connectivity index (χ3n) is 3.99. The largest absolute Gasteiger partial charge is 0.381 e. The van der Waals surface area contributed by atoms with Crippen LogP contribution in [-0.4, -0.2) is 36.9 Å². The molecule has 7 heteroatoms. The van der Waals surface area contributed by atoms with Crippen LogP contribution < -0.4 is 5.73 Å². The quantitative estimate of drug-likeness (QED) is 0.770. The lowest BCUT2D eigenvalue weighted by atomic mass is 10.0. The molecule has 7 nitrogen and oxygen atoms in total. The van der Waals surface area contributed by atoms with Crippen LogP contribution in [0.25, 0.3) is 16.9 Å². The van der Waals surface area contributed by atoms with Crippen molar-refractivity contribution in [2.75, 3.05) is 12.3 Å². The number of hydrogen-bond acceptors (Lipinski definition) is 5. The van der Waals surface area contributed by atoms with E-state index in [0.29, 0.717) is 24.6 Å². The van der Waals surface area contributed by atoms with Crippen LogP contribution in [0, 0.1) is 0 Å². The maximum absolute atomic E-state index is 12.2. The van der Waals surface area contributed by atoms with Gasteiger partial charge in [0.2, 0.25) is 0 Å². The van der Waals surface area contributed by atoms with Crippen molar-refractivity contribution in [2.45, 2.75) is 13.5 Å². The Morgan fingerprint density at radius 2 is 2.18 bits per heavy atom. The fourth-order valence-corrected chi connectivity index (χ4v) is 2.83. The third kappa shape index (κ3) is 1.68. The Balaban J connectivity index is 1.84. The molecule has 3 aromatic rings. The average Bonchev–Trinajstić information content (AvgIpc) is 3.09. The number of fused-ring (bicyclic) bond motifs is 2. The van der Waals surface area contributed by atoms with Crippen molar-refractivity contribution in [1.29, 1.82) is 0 Å². The summed E-state index contributed by atoms with van der Waals surface area (Å²) < 4.78 is 1.67. The Morgan fingerprint density at radius 1 is 1.32 bits per heavy atom. The van der Waals surface area contributed by atoms with Crippen molar-refractivity contribution in [3.8, 4) is 11.3 Å². The minimum atomic E-state index is 0.0914. The first-order valence-corrected chi connectivity index (χ1v) is 7.06. The highest BCUT2D eigenvalue weighted by Crippen LogP contribution is 2.28. The standard InChI is InChI=1S/C15H14N6O/c1-2-20-7-10-5-9(3-4-11(10)15(20)22)12-6-17-14-13(16)18-8-19-21(12)14/h3-6,8H,2,7H2,1H3,(H2,16,18,19). The van der Waals surface area contributed by atoms with Crippen molar-refractivity contribution < 1.29 is 4.79 Å². The average molecular weight is 294 g/mol. The summed E-state index contributed by atoms with van der Waals surface area (Å²) in [4.78, 5) is 22.2. The fraction of sp³-hybridized carbons (Fsp3) is 0.200. The number of benzene rings is 1. The number of nitrogen functional groups attached to an aromatic ring is 1. The normalized spacial score (nSPS) is 13.9. The summed E-state index contributed by atoms with van der Waals surface area (Å²) in [5.74, 6) is 0.434. The summed E-state index contributed by atoms with van der Waals surface area (Å²) in [6, 6.07) is 5.80. The topological polar surface area (TPSA) is 89.4 Å². The van der Waals surface area contributed by atoms with Gasteiger partial charge >= 0.3 is 0 Å². The molecule has 2 N–H and O–H groups in total. The van der Waals surface area contributed by atoms with Gasteiger partial charge in [-0.15, -0.1) is 0 Å².